The largest absolute Gasteiger partial charge is 0.381 e. The smallest absolute Gasteiger partial charge is 0.269 e. The van der Waals surface area contributed by atoms with Crippen molar-refractivity contribution in [1.82, 2.24) is 10.3 Å². The van der Waals surface area contributed by atoms with Crippen molar-refractivity contribution < 1.29 is 9.53 Å². The molecule has 1 aliphatic heterocycles. The van der Waals surface area contributed by atoms with Crippen molar-refractivity contribution in [2.45, 2.75) is 39.0 Å². The number of pyridine rings is 1. The zero-order valence-corrected chi connectivity index (χ0v) is 12.2. The highest BCUT2D eigenvalue weighted by Crippen LogP contribution is 2.11. The van der Waals surface area contributed by atoms with Crippen molar-refractivity contribution in [3.63, 3.8) is 0 Å². The molecule has 2 rings (SSSR count). The number of amides is 1. The molecular weight excluding hydrogens is 252 g/mol. The molecule has 1 aromatic rings. The van der Waals surface area contributed by atoms with Gasteiger partial charge in [0.05, 0.1) is 6.61 Å². The van der Waals surface area contributed by atoms with Crippen molar-refractivity contribution in [2.24, 2.45) is 5.92 Å². The number of aryl methyl sites for hydroxylation is 1. The van der Waals surface area contributed by atoms with Crippen LogP contribution in [0.1, 0.15) is 48.7 Å². The van der Waals surface area contributed by atoms with E-state index in [0.29, 0.717) is 18.2 Å². The quantitative estimate of drug-likeness (QED) is 0.779. The normalized spacial score (nSPS) is 18.1. The van der Waals surface area contributed by atoms with E-state index in [2.05, 4.69) is 17.2 Å². The van der Waals surface area contributed by atoms with Crippen LogP contribution in [0.5, 0.6) is 0 Å². The van der Waals surface area contributed by atoms with Crippen molar-refractivity contribution >= 4 is 5.91 Å². The lowest BCUT2D eigenvalue weighted by Crippen LogP contribution is -2.30. The summed E-state index contributed by atoms with van der Waals surface area (Å²) >= 11 is 0. The monoisotopic (exact) mass is 276 g/mol. The maximum atomic E-state index is 12.0. The zero-order chi connectivity index (χ0) is 14.2. The zero-order valence-electron chi connectivity index (χ0n) is 12.2. The number of rotatable bonds is 7. The number of hydrogen-bond acceptors (Lipinski definition) is 3. The molecule has 1 unspecified atom stereocenters. The summed E-state index contributed by atoms with van der Waals surface area (Å²) in [4.78, 5) is 16.2. The summed E-state index contributed by atoms with van der Waals surface area (Å²) in [5.41, 5.74) is 1.71. The summed E-state index contributed by atoms with van der Waals surface area (Å²) < 4.78 is 5.29. The Hall–Kier alpha value is -1.42. The van der Waals surface area contributed by atoms with E-state index in [-0.39, 0.29) is 5.91 Å². The molecule has 1 aliphatic rings. The Morgan fingerprint density at radius 1 is 1.45 bits per heavy atom. The van der Waals surface area contributed by atoms with Crippen molar-refractivity contribution in [1.29, 1.82) is 0 Å². The molecule has 0 aliphatic carbocycles. The third-order valence-electron chi connectivity index (χ3n) is 3.70. The Morgan fingerprint density at radius 3 is 3.00 bits per heavy atom. The number of unbranched alkanes of at least 4 members (excludes halogenated alkanes) is 2. The lowest BCUT2D eigenvalue weighted by Gasteiger charge is -2.09. The SMILES string of the molecule is CCCCCc1ccc(C(=O)NCC2CCOC2)nc1. The standard InChI is InChI=1S/C16H24N2O2/c1-2-3-4-5-13-6-7-15(17-10-13)16(19)18-11-14-8-9-20-12-14/h6-7,10,14H,2-5,8-9,11-12H2,1H3,(H,18,19). The van der Waals surface area contributed by atoms with Crippen molar-refractivity contribution in [2.75, 3.05) is 19.8 Å². The van der Waals surface area contributed by atoms with E-state index in [1.807, 2.05) is 18.3 Å². The van der Waals surface area contributed by atoms with Crippen LogP contribution >= 0.6 is 0 Å². The first-order valence-electron chi connectivity index (χ1n) is 7.60. The fourth-order valence-electron chi connectivity index (χ4n) is 2.36. The third-order valence-corrected chi connectivity index (χ3v) is 3.70. The van der Waals surface area contributed by atoms with Gasteiger partial charge in [0.15, 0.2) is 0 Å². The average molecular weight is 276 g/mol. The lowest BCUT2D eigenvalue weighted by molar-refractivity contribution is 0.0940. The first-order valence-corrected chi connectivity index (χ1v) is 7.60. The highest BCUT2D eigenvalue weighted by molar-refractivity contribution is 5.92. The van der Waals surface area contributed by atoms with Crippen LogP contribution in [0, 0.1) is 5.92 Å². The second-order valence-electron chi connectivity index (χ2n) is 5.45. The molecule has 1 amide bonds. The predicted octanol–water partition coefficient (Wildman–Crippen LogP) is 2.58. The molecule has 20 heavy (non-hydrogen) atoms. The summed E-state index contributed by atoms with van der Waals surface area (Å²) in [6, 6.07) is 3.83. The van der Waals surface area contributed by atoms with Gasteiger partial charge in [-0.15, -0.1) is 0 Å². The molecule has 4 nitrogen and oxygen atoms in total. The molecule has 1 atom stereocenters. The topological polar surface area (TPSA) is 51.2 Å². The maximum absolute atomic E-state index is 12.0. The van der Waals surface area contributed by atoms with Gasteiger partial charge < -0.3 is 10.1 Å². The van der Waals surface area contributed by atoms with E-state index in [1.165, 1.54) is 24.8 Å². The van der Waals surface area contributed by atoms with Crippen LogP contribution in [0.4, 0.5) is 0 Å². The van der Waals surface area contributed by atoms with Gasteiger partial charge >= 0.3 is 0 Å². The van der Waals surface area contributed by atoms with Gasteiger partial charge in [-0.1, -0.05) is 25.8 Å². The number of hydrogen-bond donors (Lipinski definition) is 1. The first-order chi connectivity index (χ1) is 9.79. The number of carbonyl (C=O) groups excluding carboxylic acids is 1. The summed E-state index contributed by atoms with van der Waals surface area (Å²) in [6.07, 6.45) is 7.55. The second-order valence-corrected chi connectivity index (χ2v) is 5.45. The van der Waals surface area contributed by atoms with Crippen LogP contribution in [-0.2, 0) is 11.2 Å². The molecule has 2 heterocycles. The van der Waals surface area contributed by atoms with E-state index >= 15 is 0 Å². The fourth-order valence-corrected chi connectivity index (χ4v) is 2.36. The molecule has 1 saturated heterocycles. The van der Waals surface area contributed by atoms with E-state index < -0.39 is 0 Å². The van der Waals surface area contributed by atoms with Crippen LogP contribution in [0.25, 0.3) is 0 Å². The van der Waals surface area contributed by atoms with E-state index in [4.69, 9.17) is 4.74 Å². The molecule has 0 bridgehead atoms. The highest BCUT2D eigenvalue weighted by atomic mass is 16.5. The van der Waals surface area contributed by atoms with E-state index in [1.54, 1.807) is 0 Å². The molecule has 0 spiro atoms. The first kappa shape index (κ1) is 15.0. The third kappa shape index (κ3) is 4.60. The van der Waals surface area contributed by atoms with E-state index in [0.717, 1.165) is 26.1 Å². The second kappa shape index (κ2) is 8.00. The number of ether oxygens (including phenoxy) is 1. The van der Waals surface area contributed by atoms with Gasteiger partial charge in [-0.05, 0) is 30.9 Å². The Balaban J connectivity index is 1.77. The Kier molecular flexibility index (Phi) is 5.99. The fraction of sp³-hybridized carbons (Fsp3) is 0.625. The average Bonchev–Trinajstić information content (AvgIpc) is 2.99. The number of carbonyl (C=O) groups is 1. The Bertz CT molecular complexity index is 411. The van der Waals surface area contributed by atoms with Gasteiger partial charge in [-0.3, -0.25) is 9.78 Å². The van der Waals surface area contributed by atoms with Crippen LogP contribution in [0.3, 0.4) is 0 Å². The minimum Gasteiger partial charge on any atom is -0.381 e. The minimum absolute atomic E-state index is 0.0861. The lowest BCUT2D eigenvalue weighted by atomic mass is 10.1. The molecule has 0 aromatic carbocycles. The number of nitrogens with one attached hydrogen (secondary N) is 1. The van der Waals surface area contributed by atoms with Crippen LogP contribution in [-0.4, -0.2) is 30.6 Å². The highest BCUT2D eigenvalue weighted by Gasteiger charge is 2.17. The van der Waals surface area contributed by atoms with Gasteiger partial charge in [-0.2, -0.15) is 0 Å². The number of nitrogens with zero attached hydrogens (tertiary/aromatic N) is 1. The van der Waals surface area contributed by atoms with Crippen molar-refractivity contribution in [3.8, 4) is 0 Å². The van der Waals surface area contributed by atoms with Crippen LogP contribution in [0.15, 0.2) is 18.3 Å². The van der Waals surface area contributed by atoms with Gasteiger partial charge in [-0.25, -0.2) is 0 Å². The van der Waals surface area contributed by atoms with Gasteiger partial charge in [0.1, 0.15) is 5.69 Å². The molecule has 110 valence electrons. The number of aromatic nitrogens is 1. The molecule has 1 aromatic heterocycles. The molecule has 0 radical (unpaired) electrons. The van der Waals surface area contributed by atoms with Gasteiger partial charge in [0.25, 0.3) is 5.91 Å². The summed E-state index contributed by atoms with van der Waals surface area (Å²) in [5.74, 6) is 0.365. The van der Waals surface area contributed by atoms with Crippen LogP contribution in [0.2, 0.25) is 0 Å². The minimum atomic E-state index is -0.0861. The summed E-state index contributed by atoms with van der Waals surface area (Å²) in [6.45, 7) is 4.44. The van der Waals surface area contributed by atoms with Crippen LogP contribution < -0.4 is 5.32 Å². The maximum Gasteiger partial charge on any atom is 0.269 e. The van der Waals surface area contributed by atoms with Gasteiger partial charge in [0.2, 0.25) is 0 Å². The van der Waals surface area contributed by atoms with Gasteiger partial charge in [0, 0.05) is 25.3 Å². The van der Waals surface area contributed by atoms with Crippen molar-refractivity contribution in [3.05, 3.63) is 29.6 Å². The molecule has 0 saturated carbocycles. The molecule has 1 N–H and O–H groups in total. The Morgan fingerprint density at radius 2 is 2.35 bits per heavy atom. The molecule has 1 fully saturated rings. The summed E-state index contributed by atoms with van der Waals surface area (Å²) in [7, 11) is 0. The van der Waals surface area contributed by atoms with E-state index in [9.17, 15) is 4.79 Å². The molecular formula is C16H24N2O2. The molecule has 4 heteroatoms. The Labute approximate surface area is 120 Å². The predicted molar refractivity (Wildman–Crippen MR) is 78.7 cm³/mol. The summed E-state index contributed by atoms with van der Waals surface area (Å²) in [5, 5.41) is 2.93.